The maximum atomic E-state index is 11.7. The summed E-state index contributed by atoms with van der Waals surface area (Å²) in [6.07, 6.45) is -1.31. The van der Waals surface area contributed by atoms with Gasteiger partial charge in [-0.1, -0.05) is 0 Å². The molecule has 10 nitrogen and oxygen atoms in total. The summed E-state index contributed by atoms with van der Waals surface area (Å²) in [6.45, 7) is 4.97. The van der Waals surface area contributed by atoms with Gasteiger partial charge in [0, 0.05) is 0 Å². The molecule has 0 saturated carbocycles. The van der Waals surface area contributed by atoms with Crippen LogP contribution < -0.4 is 0 Å². The standard InChI is InChI=1S/C12H20O7.H2O3S/c1-4-17-9(13)7-12(16,11(15)19-6-3)8-10(14)18-5-2;1-4(2)3/h16H,4-8H2,1-3H3;(H2,1,2,3). The van der Waals surface area contributed by atoms with Crippen molar-refractivity contribution in [2.75, 3.05) is 19.8 Å². The Balaban J connectivity index is 0. The van der Waals surface area contributed by atoms with Gasteiger partial charge < -0.3 is 19.3 Å². The molecule has 0 amide bonds. The lowest BCUT2D eigenvalue weighted by Crippen LogP contribution is -2.44. The summed E-state index contributed by atoms with van der Waals surface area (Å²) < 4.78 is 36.8. The lowest BCUT2D eigenvalue weighted by molar-refractivity contribution is -0.177. The van der Waals surface area contributed by atoms with E-state index in [0.717, 1.165) is 0 Å². The highest BCUT2D eigenvalue weighted by atomic mass is 32.2. The Kier molecular flexibility index (Phi) is 13.3. The van der Waals surface area contributed by atoms with E-state index >= 15 is 0 Å². The summed E-state index contributed by atoms with van der Waals surface area (Å²) in [6, 6.07) is 0. The van der Waals surface area contributed by atoms with E-state index in [1.807, 2.05) is 0 Å². The fourth-order valence-corrected chi connectivity index (χ4v) is 1.37. The molecule has 11 heteroatoms. The van der Waals surface area contributed by atoms with Gasteiger partial charge in [-0.3, -0.25) is 18.7 Å². The van der Waals surface area contributed by atoms with Gasteiger partial charge in [-0.2, -0.15) is 4.21 Å². The van der Waals surface area contributed by atoms with Gasteiger partial charge >= 0.3 is 17.9 Å². The maximum Gasteiger partial charge on any atom is 0.339 e. The minimum atomic E-state index is -2.61. The van der Waals surface area contributed by atoms with Gasteiger partial charge in [-0.15, -0.1) is 0 Å². The second kappa shape index (κ2) is 12.9. The van der Waals surface area contributed by atoms with Crippen LogP contribution in [-0.4, -0.2) is 61.8 Å². The summed E-state index contributed by atoms with van der Waals surface area (Å²) in [7, 11) is 0. The first-order valence-electron chi connectivity index (χ1n) is 6.63. The van der Waals surface area contributed by atoms with Crippen molar-refractivity contribution in [2.45, 2.75) is 39.2 Å². The molecule has 0 unspecified atom stereocenters. The van der Waals surface area contributed by atoms with E-state index in [2.05, 4.69) is 14.2 Å². The SMILES string of the molecule is CCOC(=O)CC(O)(CC(=O)OCC)C(=O)OCC.O=S(O)O. The van der Waals surface area contributed by atoms with E-state index in [4.69, 9.17) is 13.3 Å². The monoisotopic (exact) mass is 358 g/mol. The number of rotatable bonds is 8. The van der Waals surface area contributed by atoms with E-state index < -0.39 is 47.7 Å². The first-order chi connectivity index (χ1) is 10.6. The zero-order chi connectivity index (χ0) is 18.5. The molecular weight excluding hydrogens is 336 g/mol. The van der Waals surface area contributed by atoms with Crippen LogP contribution in [0.4, 0.5) is 0 Å². The molecule has 0 aromatic rings. The van der Waals surface area contributed by atoms with Crippen LogP contribution >= 0.6 is 0 Å². The highest BCUT2D eigenvalue weighted by Gasteiger charge is 2.43. The molecule has 0 aliphatic rings. The van der Waals surface area contributed by atoms with Crippen molar-refractivity contribution in [3.05, 3.63) is 0 Å². The molecule has 0 radical (unpaired) electrons. The molecule has 23 heavy (non-hydrogen) atoms. The smallest absolute Gasteiger partial charge is 0.339 e. The molecule has 0 heterocycles. The van der Waals surface area contributed by atoms with E-state index in [9.17, 15) is 19.5 Å². The van der Waals surface area contributed by atoms with Crippen LogP contribution in [0, 0.1) is 0 Å². The predicted molar refractivity (Wildman–Crippen MR) is 77.5 cm³/mol. The number of ether oxygens (including phenoxy) is 3. The van der Waals surface area contributed by atoms with Crippen molar-refractivity contribution < 1.29 is 47.0 Å². The third-order valence-corrected chi connectivity index (χ3v) is 2.14. The van der Waals surface area contributed by atoms with Crippen molar-refractivity contribution in [3.63, 3.8) is 0 Å². The second-order valence-corrected chi connectivity index (χ2v) is 4.41. The van der Waals surface area contributed by atoms with Gasteiger partial charge in [-0.25, -0.2) is 4.79 Å². The van der Waals surface area contributed by atoms with Crippen LogP contribution in [0.1, 0.15) is 33.6 Å². The largest absolute Gasteiger partial charge is 0.466 e. The lowest BCUT2D eigenvalue weighted by atomic mass is 9.95. The Morgan fingerprint density at radius 2 is 1.17 bits per heavy atom. The predicted octanol–water partition coefficient (Wildman–Crippen LogP) is -0.132. The average Bonchev–Trinajstić information content (AvgIpc) is 2.38. The van der Waals surface area contributed by atoms with E-state index in [0.29, 0.717) is 0 Å². The average molecular weight is 358 g/mol. The molecule has 136 valence electrons. The summed E-state index contributed by atoms with van der Waals surface area (Å²) in [5, 5.41) is 10.1. The van der Waals surface area contributed by atoms with Crippen LogP contribution in [0.3, 0.4) is 0 Å². The topological polar surface area (TPSA) is 157 Å². The van der Waals surface area contributed by atoms with E-state index in [1.165, 1.54) is 0 Å². The third kappa shape index (κ3) is 12.6. The Bertz CT molecular complexity index is 385. The van der Waals surface area contributed by atoms with Gasteiger partial charge in [0.05, 0.1) is 32.7 Å². The first-order valence-corrected chi connectivity index (χ1v) is 7.70. The van der Waals surface area contributed by atoms with Crippen molar-refractivity contribution in [1.82, 2.24) is 0 Å². The van der Waals surface area contributed by atoms with Gasteiger partial charge in [-0.05, 0) is 20.8 Å². The maximum absolute atomic E-state index is 11.7. The Labute approximate surface area is 136 Å². The quantitative estimate of drug-likeness (QED) is 0.303. The second-order valence-electron chi connectivity index (χ2n) is 3.95. The highest BCUT2D eigenvalue weighted by molar-refractivity contribution is 7.73. The number of esters is 3. The Morgan fingerprint density at radius 1 is 0.870 bits per heavy atom. The van der Waals surface area contributed by atoms with Crippen LogP contribution in [0.2, 0.25) is 0 Å². The third-order valence-electron chi connectivity index (χ3n) is 2.14. The van der Waals surface area contributed by atoms with Crippen LogP contribution in [0.25, 0.3) is 0 Å². The summed E-state index contributed by atoms with van der Waals surface area (Å²) in [5.74, 6) is -2.62. The zero-order valence-electron chi connectivity index (χ0n) is 13.1. The van der Waals surface area contributed by atoms with Gasteiger partial charge in [0.25, 0.3) is 11.4 Å². The van der Waals surface area contributed by atoms with Crippen LogP contribution in [0.15, 0.2) is 0 Å². The molecular formula is C12H22O10S. The van der Waals surface area contributed by atoms with Gasteiger partial charge in [0.15, 0.2) is 5.60 Å². The molecule has 3 N–H and O–H groups in total. The van der Waals surface area contributed by atoms with E-state index in [1.54, 1.807) is 20.8 Å². The molecule has 0 fully saturated rings. The Morgan fingerprint density at radius 3 is 1.43 bits per heavy atom. The van der Waals surface area contributed by atoms with Crippen molar-refractivity contribution >= 4 is 29.3 Å². The molecule has 0 atom stereocenters. The summed E-state index contributed by atoms with van der Waals surface area (Å²) in [5.41, 5.74) is -2.26. The molecule has 0 saturated heterocycles. The van der Waals surface area contributed by atoms with Crippen molar-refractivity contribution in [1.29, 1.82) is 0 Å². The first kappa shape index (κ1) is 23.7. The zero-order valence-corrected chi connectivity index (χ0v) is 14.0. The van der Waals surface area contributed by atoms with E-state index in [-0.39, 0.29) is 19.8 Å². The summed E-state index contributed by atoms with van der Waals surface area (Å²) in [4.78, 5) is 34.4. The minimum Gasteiger partial charge on any atom is -0.466 e. The number of carbonyl (C=O) groups excluding carboxylic acids is 3. The fourth-order valence-electron chi connectivity index (χ4n) is 1.37. The molecule has 0 aliphatic carbocycles. The highest BCUT2D eigenvalue weighted by Crippen LogP contribution is 2.19. The molecule has 0 aliphatic heterocycles. The molecule has 0 spiro atoms. The van der Waals surface area contributed by atoms with Crippen LogP contribution in [-0.2, 0) is 40.0 Å². The fraction of sp³-hybridized carbons (Fsp3) is 0.750. The molecule has 0 aromatic carbocycles. The molecule has 0 bridgehead atoms. The van der Waals surface area contributed by atoms with Crippen LogP contribution in [0.5, 0.6) is 0 Å². The van der Waals surface area contributed by atoms with Crippen molar-refractivity contribution in [2.24, 2.45) is 0 Å². The number of hydrogen-bond donors (Lipinski definition) is 3. The lowest BCUT2D eigenvalue weighted by Gasteiger charge is -2.23. The summed E-state index contributed by atoms with van der Waals surface area (Å²) >= 11 is -2.61. The number of aliphatic hydroxyl groups is 1. The Hall–Kier alpha value is -1.56. The normalized spacial score (nSPS) is 10.4. The minimum absolute atomic E-state index is 0.0206. The van der Waals surface area contributed by atoms with Gasteiger partial charge in [0.1, 0.15) is 0 Å². The number of hydrogen-bond acceptors (Lipinski definition) is 8. The van der Waals surface area contributed by atoms with Crippen molar-refractivity contribution in [3.8, 4) is 0 Å². The molecule has 0 aromatic heterocycles. The number of carbonyl (C=O) groups is 3. The van der Waals surface area contributed by atoms with Gasteiger partial charge in [0.2, 0.25) is 0 Å². The molecule has 0 rings (SSSR count).